The smallest absolute Gasteiger partial charge is 0.315 e. The van der Waals surface area contributed by atoms with Crippen LogP contribution in [0.2, 0.25) is 0 Å². The molecule has 1 atom stereocenters. The quantitative estimate of drug-likeness (QED) is 0.648. The highest BCUT2D eigenvalue weighted by molar-refractivity contribution is 5.74. The standard InChI is InChI=1S/C18H30N2O3/c1-5-23-17-9-7-16(8-10-17)15(4)20-18(21)19-11-6-12-22-13-14(2)3/h7-10,14-15H,5-6,11-13H2,1-4H3,(H2,19,20,21)/t15-/m1/s1. The van der Waals surface area contributed by atoms with Crippen LogP contribution in [-0.2, 0) is 4.74 Å². The van der Waals surface area contributed by atoms with Crippen LogP contribution in [0.3, 0.4) is 0 Å². The Morgan fingerprint density at radius 3 is 2.48 bits per heavy atom. The van der Waals surface area contributed by atoms with E-state index in [0.29, 0.717) is 25.7 Å². The maximum absolute atomic E-state index is 11.8. The summed E-state index contributed by atoms with van der Waals surface area (Å²) in [6.45, 7) is 10.9. The molecule has 0 bridgehead atoms. The lowest BCUT2D eigenvalue weighted by atomic mass is 10.1. The van der Waals surface area contributed by atoms with Crippen LogP contribution in [-0.4, -0.2) is 32.4 Å². The van der Waals surface area contributed by atoms with E-state index < -0.39 is 0 Å². The number of hydrogen-bond donors (Lipinski definition) is 2. The zero-order chi connectivity index (χ0) is 17.1. The van der Waals surface area contributed by atoms with Crippen molar-refractivity contribution in [2.45, 2.75) is 40.2 Å². The average molecular weight is 322 g/mol. The average Bonchev–Trinajstić information content (AvgIpc) is 2.51. The van der Waals surface area contributed by atoms with Crippen LogP contribution in [0.4, 0.5) is 4.79 Å². The molecule has 0 unspecified atom stereocenters. The molecule has 2 N–H and O–H groups in total. The number of carbonyl (C=O) groups is 1. The molecule has 1 aromatic carbocycles. The maximum atomic E-state index is 11.8. The third-order valence-electron chi connectivity index (χ3n) is 3.24. The summed E-state index contributed by atoms with van der Waals surface area (Å²) < 4.78 is 10.9. The van der Waals surface area contributed by atoms with Crippen molar-refractivity contribution in [3.8, 4) is 5.75 Å². The minimum atomic E-state index is -0.157. The van der Waals surface area contributed by atoms with E-state index in [2.05, 4.69) is 24.5 Å². The summed E-state index contributed by atoms with van der Waals surface area (Å²) in [5.74, 6) is 1.38. The summed E-state index contributed by atoms with van der Waals surface area (Å²) in [6.07, 6.45) is 0.817. The number of carbonyl (C=O) groups excluding carboxylic acids is 1. The number of urea groups is 1. The predicted octanol–water partition coefficient (Wildman–Crippen LogP) is 3.51. The first-order chi connectivity index (χ1) is 11.0. The van der Waals surface area contributed by atoms with Gasteiger partial charge in [-0.3, -0.25) is 0 Å². The summed E-state index contributed by atoms with van der Waals surface area (Å²) in [5.41, 5.74) is 1.05. The van der Waals surface area contributed by atoms with Gasteiger partial charge in [-0.05, 0) is 43.9 Å². The fourth-order valence-corrected chi connectivity index (χ4v) is 2.05. The Hall–Kier alpha value is -1.75. The van der Waals surface area contributed by atoms with E-state index in [4.69, 9.17) is 9.47 Å². The second-order valence-corrected chi connectivity index (χ2v) is 5.95. The Morgan fingerprint density at radius 1 is 1.17 bits per heavy atom. The van der Waals surface area contributed by atoms with E-state index >= 15 is 0 Å². The molecule has 130 valence electrons. The Kier molecular flexibility index (Phi) is 9.14. The normalized spacial score (nSPS) is 12.0. The monoisotopic (exact) mass is 322 g/mol. The van der Waals surface area contributed by atoms with Gasteiger partial charge in [0.1, 0.15) is 5.75 Å². The molecule has 0 saturated carbocycles. The number of benzene rings is 1. The van der Waals surface area contributed by atoms with Gasteiger partial charge in [-0.25, -0.2) is 4.79 Å². The molecule has 2 amide bonds. The number of amides is 2. The van der Waals surface area contributed by atoms with Crippen molar-refractivity contribution >= 4 is 6.03 Å². The van der Waals surface area contributed by atoms with Gasteiger partial charge in [-0.15, -0.1) is 0 Å². The summed E-state index contributed by atoms with van der Waals surface area (Å²) in [5, 5.41) is 5.77. The first kappa shape index (κ1) is 19.3. The maximum Gasteiger partial charge on any atom is 0.315 e. The van der Waals surface area contributed by atoms with Gasteiger partial charge in [0.2, 0.25) is 0 Å². The Bertz CT molecular complexity index is 446. The lowest BCUT2D eigenvalue weighted by Gasteiger charge is -2.15. The second kappa shape index (κ2) is 10.9. The third kappa shape index (κ3) is 8.45. The topological polar surface area (TPSA) is 59.6 Å². The van der Waals surface area contributed by atoms with Crippen LogP contribution < -0.4 is 15.4 Å². The molecule has 0 aliphatic heterocycles. The molecule has 0 aliphatic rings. The minimum Gasteiger partial charge on any atom is -0.494 e. The molecule has 0 heterocycles. The largest absolute Gasteiger partial charge is 0.494 e. The van der Waals surface area contributed by atoms with Crippen molar-refractivity contribution in [2.75, 3.05) is 26.4 Å². The first-order valence-electron chi connectivity index (χ1n) is 8.37. The zero-order valence-electron chi connectivity index (χ0n) is 14.7. The van der Waals surface area contributed by atoms with Crippen molar-refractivity contribution in [3.05, 3.63) is 29.8 Å². The Balaban J connectivity index is 2.22. The highest BCUT2D eigenvalue weighted by Crippen LogP contribution is 2.17. The van der Waals surface area contributed by atoms with E-state index in [9.17, 15) is 4.79 Å². The number of nitrogens with one attached hydrogen (secondary N) is 2. The van der Waals surface area contributed by atoms with Crippen LogP contribution in [0.1, 0.15) is 45.7 Å². The van der Waals surface area contributed by atoms with Crippen LogP contribution in [0.15, 0.2) is 24.3 Å². The van der Waals surface area contributed by atoms with Gasteiger partial charge in [0, 0.05) is 19.8 Å². The van der Waals surface area contributed by atoms with Crippen LogP contribution in [0.25, 0.3) is 0 Å². The van der Waals surface area contributed by atoms with Crippen molar-refractivity contribution in [3.63, 3.8) is 0 Å². The van der Waals surface area contributed by atoms with Crippen LogP contribution in [0.5, 0.6) is 5.75 Å². The van der Waals surface area contributed by atoms with Crippen LogP contribution in [0, 0.1) is 5.92 Å². The van der Waals surface area contributed by atoms with E-state index in [0.717, 1.165) is 24.3 Å². The second-order valence-electron chi connectivity index (χ2n) is 5.95. The number of hydrogen-bond acceptors (Lipinski definition) is 3. The highest BCUT2D eigenvalue weighted by atomic mass is 16.5. The summed E-state index contributed by atoms with van der Waals surface area (Å²) >= 11 is 0. The SMILES string of the molecule is CCOc1ccc([C@@H](C)NC(=O)NCCCOCC(C)C)cc1. The van der Waals surface area contributed by atoms with Gasteiger partial charge in [0.05, 0.1) is 12.6 Å². The van der Waals surface area contributed by atoms with Crippen molar-refractivity contribution in [1.29, 1.82) is 0 Å². The molecule has 23 heavy (non-hydrogen) atoms. The predicted molar refractivity (Wildman–Crippen MR) is 92.8 cm³/mol. The van der Waals surface area contributed by atoms with E-state index in [-0.39, 0.29) is 12.1 Å². The molecule has 1 rings (SSSR count). The van der Waals surface area contributed by atoms with Gasteiger partial charge < -0.3 is 20.1 Å². The summed E-state index contributed by atoms with van der Waals surface area (Å²) in [6, 6.07) is 7.56. The van der Waals surface area contributed by atoms with Gasteiger partial charge in [0.25, 0.3) is 0 Å². The molecule has 0 saturated heterocycles. The van der Waals surface area contributed by atoms with Crippen LogP contribution >= 0.6 is 0 Å². The summed E-state index contributed by atoms with van der Waals surface area (Å²) in [7, 11) is 0. The fraction of sp³-hybridized carbons (Fsp3) is 0.611. The van der Waals surface area contributed by atoms with Crippen molar-refractivity contribution in [2.24, 2.45) is 5.92 Å². The minimum absolute atomic E-state index is 0.0529. The van der Waals surface area contributed by atoms with Gasteiger partial charge in [-0.1, -0.05) is 26.0 Å². The first-order valence-corrected chi connectivity index (χ1v) is 8.37. The molecule has 0 fully saturated rings. The molecule has 1 aromatic rings. The van der Waals surface area contributed by atoms with Crippen molar-refractivity contribution in [1.82, 2.24) is 10.6 Å². The van der Waals surface area contributed by atoms with Gasteiger partial charge in [0.15, 0.2) is 0 Å². The van der Waals surface area contributed by atoms with Gasteiger partial charge in [-0.2, -0.15) is 0 Å². The summed E-state index contributed by atoms with van der Waals surface area (Å²) in [4.78, 5) is 11.8. The van der Waals surface area contributed by atoms with E-state index in [1.54, 1.807) is 0 Å². The third-order valence-corrected chi connectivity index (χ3v) is 3.24. The molecule has 5 heteroatoms. The van der Waals surface area contributed by atoms with E-state index in [1.165, 1.54) is 0 Å². The lowest BCUT2D eigenvalue weighted by molar-refractivity contribution is 0.108. The van der Waals surface area contributed by atoms with Crippen molar-refractivity contribution < 1.29 is 14.3 Å². The molecule has 5 nitrogen and oxygen atoms in total. The fourth-order valence-electron chi connectivity index (χ4n) is 2.05. The lowest BCUT2D eigenvalue weighted by Crippen LogP contribution is -2.37. The van der Waals surface area contributed by atoms with Gasteiger partial charge >= 0.3 is 6.03 Å². The Morgan fingerprint density at radius 2 is 1.87 bits per heavy atom. The highest BCUT2D eigenvalue weighted by Gasteiger charge is 2.09. The Labute approximate surface area is 139 Å². The number of rotatable bonds is 10. The molecular weight excluding hydrogens is 292 g/mol. The molecule has 0 radical (unpaired) electrons. The zero-order valence-corrected chi connectivity index (χ0v) is 14.7. The molecule has 0 spiro atoms. The molecule has 0 aromatic heterocycles. The molecule has 0 aliphatic carbocycles. The molecular formula is C18H30N2O3. The van der Waals surface area contributed by atoms with E-state index in [1.807, 2.05) is 38.1 Å². The number of ether oxygens (including phenoxy) is 2.